The van der Waals surface area contributed by atoms with Crippen LogP contribution >= 0.6 is 0 Å². The Morgan fingerprint density at radius 2 is 1.82 bits per heavy atom. The number of hydrogen-bond donors (Lipinski definition) is 1. The first-order valence-electron chi connectivity index (χ1n) is 7.97. The van der Waals surface area contributed by atoms with Gasteiger partial charge in [-0.15, -0.1) is 0 Å². The second-order valence-corrected chi connectivity index (χ2v) is 5.97. The molecule has 1 rings (SSSR count). The first-order chi connectivity index (χ1) is 8.24. The molecule has 0 aromatic rings. The molecular weight excluding hydrogens is 206 g/mol. The molecule has 1 aliphatic rings. The predicted molar refractivity (Wildman–Crippen MR) is 77.3 cm³/mol. The van der Waals surface area contributed by atoms with Crippen molar-refractivity contribution in [3.8, 4) is 0 Å². The van der Waals surface area contributed by atoms with Crippen molar-refractivity contribution in [3.63, 3.8) is 0 Å². The molecule has 1 nitrogen and oxygen atoms in total. The molecule has 1 N–H and O–H groups in total. The molecule has 4 atom stereocenters. The smallest absolute Gasteiger partial charge is 0.0123 e. The lowest BCUT2D eigenvalue weighted by molar-refractivity contribution is 0.139. The second-order valence-electron chi connectivity index (χ2n) is 5.97. The van der Waals surface area contributed by atoms with Crippen molar-refractivity contribution in [2.45, 2.75) is 78.7 Å². The molecule has 102 valence electrons. The Kier molecular flexibility index (Phi) is 7.18. The highest BCUT2D eigenvalue weighted by Crippen LogP contribution is 2.37. The average Bonchev–Trinajstić information content (AvgIpc) is 2.36. The molecular formula is C16H33N. The SMILES string of the molecule is CCCC(C)C(NCC)C1CCCCC1CC. The molecule has 1 aliphatic carbocycles. The van der Waals surface area contributed by atoms with Crippen LogP contribution in [0, 0.1) is 17.8 Å². The Bertz CT molecular complexity index is 190. The van der Waals surface area contributed by atoms with Crippen LogP contribution < -0.4 is 5.32 Å². The van der Waals surface area contributed by atoms with E-state index in [-0.39, 0.29) is 0 Å². The molecule has 0 aromatic carbocycles. The van der Waals surface area contributed by atoms with Gasteiger partial charge in [0.05, 0.1) is 0 Å². The second kappa shape index (κ2) is 8.13. The lowest BCUT2D eigenvalue weighted by atomic mass is 9.70. The Labute approximate surface area is 109 Å². The van der Waals surface area contributed by atoms with E-state index >= 15 is 0 Å². The monoisotopic (exact) mass is 239 g/mol. The molecule has 0 bridgehead atoms. The van der Waals surface area contributed by atoms with E-state index in [9.17, 15) is 0 Å². The summed E-state index contributed by atoms with van der Waals surface area (Å²) in [5, 5.41) is 3.80. The Morgan fingerprint density at radius 3 is 2.41 bits per heavy atom. The Hall–Kier alpha value is -0.0400. The van der Waals surface area contributed by atoms with Crippen LogP contribution in [-0.4, -0.2) is 12.6 Å². The van der Waals surface area contributed by atoms with E-state index in [1.807, 2.05) is 0 Å². The summed E-state index contributed by atoms with van der Waals surface area (Å²) in [7, 11) is 0. The Morgan fingerprint density at radius 1 is 1.12 bits per heavy atom. The van der Waals surface area contributed by atoms with Crippen molar-refractivity contribution in [3.05, 3.63) is 0 Å². The van der Waals surface area contributed by atoms with Gasteiger partial charge >= 0.3 is 0 Å². The van der Waals surface area contributed by atoms with Crippen LogP contribution in [0.2, 0.25) is 0 Å². The molecule has 1 heteroatoms. The highest BCUT2D eigenvalue weighted by molar-refractivity contribution is 4.87. The third-order valence-electron chi connectivity index (χ3n) is 4.75. The summed E-state index contributed by atoms with van der Waals surface area (Å²) in [6.07, 6.45) is 9.95. The van der Waals surface area contributed by atoms with E-state index in [1.165, 1.54) is 44.9 Å². The highest BCUT2D eigenvalue weighted by atomic mass is 14.9. The summed E-state index contributed by atoms with van der Waals surface area (Å²) < 4.78 is 0. The standard InChI is InChI=1S/C16H33N/c1-5-10-13(4)16(17-7-3)15-12-9-8-11-14(15)6-2/h13-17H,5-12H2,1-4H3. The van der Waals surface area contributed by atoms with Crippen molar-refractivity contribution in [2.24, 2.45) is 17.8 Å². The van der Waals surface area contributed by atoms with Gasteiger partial charge in [0, 0.05) is 6.04 Å². The van der Waals surface area contributed by atoms with Crippen LogP contribution in [0.3, 0.4) is 0 Å². The van der Waals surface area contributed by atoms with Gasteiger partial charge in [0.2, 0.25) is 0 Å². The van der Waals surface area contributed by atoms with Crippen LogP contribution in [0.5, 0.6) is 0 Å². The summed E-state index contributed by atoms with van der Waals surface area (Å²) in [5.74, 6) is 2.76. The molecule has 0 amide bonds. The first-order valence-corrected chi connectivity index (χ1v) is 7.97. The zero-order chi connectivity index (χ0) is 12.7. The van der Waals surface area contributed by atoms with E-state index < -0.39 is 0 Å². The van der Waals surface area contributed by atoms with Crippen LogP contribution in [0.15, 0.2) is 0 Å². The van der Waals surface area contributed by atoms with Crippen molar-refractivity contribution in [2.75, 3.05) is 6.54 Å². The number of rotatable bonds is 7. The minimum absolute atomic E-state index is 0.769. The zero-order valence-electron chi connectivity index (χ0n) is 12.5. The first kappa shape index (κ1) is 15.0. The van der Waals surface area contributed by atoms with E-state index in [0.29, 0.717) is 0 Å². The summed E-state index contributed by atoms with van der Waals surface area (Å²) in [5.41, 5.74) is 0. The van der Waals surface area contributed by atoms with Gasteiger partial charge in [-0.25, -0.2) is 0 Å². The molecule has 0 saturated heterocycles. The van der Waals surface area contributed by atoms with E-state index in [1.54, 1.807) is 0 Å². The topological polar surface area (TPSA) is 12.0 Å². The summed E-state index contributed by atoms with van der Waals surface area (Å²) in [6.45, 7) is 10.5. The number of nitrogens with one attached hydrogen (secondary N) is 1. The van der Waals surface area contributed by atoms with Gasteiger partial charge in [-0.1, -0.05) is 59.8 Å². The molecule has 1 fully saturated rings. The highest BCUT2D eigenvalue weighted by Gasteiger charge is 2.32. The molecule has 1 saturated carbocycles. The molecule has 0 heterocycles. The van der Waals surface area contributed by atoms with Crippen LogP contribution in [0.4, 0.5) is 0 Å². The lowest BCUT2D eigenvalue weighted by Crippen LogP contribution is -2.45. The lowest BCUT2D eigenvalue weighted by Gasteiger charge is -2.40. The van der Waals surface area contributed by atoms with E-state index in [0.717, 1.165) is 30.3 Å². The fourth-order valence-electron chi connectivity index (χ4n) is 3.86. The van der Waals surface area contributed by atoms with Crippen molar-refractivity contribution >= 4 is 0 Å². The summed E-state index contributed by atoms with van der Waals surface area (Å²) in [4.78, 5) is 0. The van der Waals surface area contributed by atoms with Crippen molar-refractivity contribution < 1.29 is 0 Å². The largest absolute Gasteiger partial charge is 0.314 e. The third-order valence-corrected chi connectivity index (χ3v) is 4.75. The normalized spacial score (nSPS) is 28.9. The summed E-state index contributed by atoms with van der Waals surface area (Å²) >= 11 is 0. The van der Waals surface area contributed by atoms with Gasteiger partial charge < -0.3 is 5.32 Å². The van der Waals surface area contributed by atoms with E-state index in [2.05, 4.69) is 33.0 Å². The molecule has 0 aromatic heterocycles. The maximum atomic E-state index is 3.80. The molecule has 4 unspecified atom stereocenters. The Balaban J connectivity index is 2.65. The maximum Gasteiger partial charge on any atom is 0.0123 e. The van der Waals surface area contributed by atoms with Crippen molar-refractivity contribution in [1.29, 1.82) is 0 Å². The van der Waals surface area contributed by atoms with Gasteiger partial charge in [0.1, 0.15) is 0 Å². The van der Waals surface area contributed by atoms with Gasteiger partial charge in [0.25, 0.3) is 0 Å². The quantitative estimate of drug-likeness (QED) is 0.683. The van der Waals surface area contributed by atoms with Gasteiger partial charge in [-0.2, -0.15) is 0 Å². The maximum absolute atomic E-state index is 3.80. The third kappa shape index (κ3) is 4.28. The van der Waals surface area contributed by atoms with Gasteiger partial charge in [-0.3, -0.25) is 0 Å². The predicted octanol–water partition coefficient (Wildman–Crippen LogP) is 4.62. The van der Waals surface area contributed by atoms with Crippen LogP contribution in [0.1, 0.15) is 72.6 Å². The number of hydrogen-bond acceptors (Lipinski definition) is 1. The van der Waals surface area contributed by atoms with Crippen LogP contribution in [0.25, 0.3) is 0 Å². The van der Waals surface area contributed by atoms with Crippen LogP contribution in [-0.2, 0) is 0 Å². The molecule has 0 aliphatic heterocycles. The molecule has 17 heavy (non-hydrogen) atoms. The minimum atomic E-state index is 0.769. The molecule has 0 spiro atoms. The zero-order valence-corrected chi connectivity index (χ0v) is 12.5. The minimum Gasteiger partial charge on any atom is -0.314 e. The van der Waals surface area contributed by atoms with Gasteiger partial charge in [-0.05, 0) is 37.1 Å². The molecule has 0 radical (unpaired) electrons. The average molecular weight is 239 g/mol. The van der Waals surface area contributed by atoms with Gasteiger partial charge in [0.15, 0.2) is 0 Å². The summed E-state index contributed by atoms with van der Waals surface area (Å²) in [6, 6.07) is 0.769. The van der Waals surface area contributed by atoms with E-state index in [4.69, 9.17) is 0 Å². The fraction of sp³-hybridized carbons (Fsp3) is 1.00. The van der Waals surface area contributed by atoms with Crippen molar-refractivity contribution in [1.82, 2.24) is 5.32 Å². The fourth-order valence-corrected chi connectivity index (χ4v) is 3.86.